The van der Waals surface area contributed by atoms with Crippen LogP contribution in [0.25, 0.3) is 4.85 Å². The van der Waals surface area contributed by atoms with E-state index in [4.69, 9.17) is 11.4 Å². The van der Waals surface area contributed by atoms with Crippen LogP contribution in [0.15, 0.2) is 23.4 Å². The van der Waals surface area contributed by atoms with E-state index < -0.39 is 0 Å². The van der Waals surface area contributed by atoms with Crippen molar-refractivity contribution in [3.05, 3.63) is 40.7 Å². The second kappa shape index (κ2) is 8.87. The number of aryl methyl sites for hydroxylation is 2. The number of anilines is 1. The molecule has 0 heterocycles. The molecule has 0 aliphatic rings. The summed E-state index contributed by atoms with van der Waals surface area (Å²) in [5, 5.41) is 6.80. The number of hydrogen-bond acceptors (Lipinski definition) is 3. The zero-order valence-electron chi connectivity index (χ0n) is 13.9. The van der Waals surface area contributed by atoms with Crippen molar-refractivity contribution in [2.45, 2.75) is 27.7 Å². The number of carbonyl (C=O) groups excluding carboxylic acids is 1. The minimum Gasteiger partial charge on any atom is -0.385 e. The largest absolute Gasteiger partial charge is 0.385 e. The summed E-state index contributed by atoms with van der Waals surface area (Å²) in [4.78, 5) is 20.5. The van der Waals surface area contributed by atoms with Gasteiger partial charge < -0.3 is 15.0 Å². The number of amides is 1. The predicted octanol–water partition coefficient (Wildman–Crippen LogP) is 4.00. The molecule has 1 amide bonds. The second-order valence-electron chi connectivity index (χ2n) is 6.07. The normalized spacial score (nSPS) is 11.7. The molecule has 0 spiro atoms. The van der Waals surface area contributed by atoms with Gasteiger partial charge >= 0.3 is 0 Å². The maximum Gasteiger partial charge on any atom is 0.265 e. The van der Waals surface area contributed by atoms with Crippen molar-refractivity contribution in [1.29, 1.82) is 0 Å². The summed E-state index contributed by atoms with van der Waals surface area (Å²) in [5.41, 5.74) is 3.34. The third kappa shape index (κ3) is 6.57. The van der Waals surface area contributed by atoms with Crippen LogP contribution in [0, 0.1) is 25.8 Å². The van der Waals surface area contributed by atoms with Crippen LogP contribution in [0.5, 0.6) is 0 Å². The van der Waals surface area contributed by atoms with Crippen LogP contribution < -0.4 is 5.32 Å². The summed E-state index contributed by atoms with van der Waals surface area (Å²) in [7, 11) is 0. The number of carbonyl (C=O) groups is 1. The molecule has 0 aliphatic carbocycles. The SMILES string of the molecule is [C-]#[N+]C/C(=N\OCC(=O)Nc1cc(C)cc(C)c1)C(C)(C)CI. The van der Waals surface area contributed by atoms with Crippen molar-refractivity contribution >= 4 is 39.9 Å². The lowest BCUT2D eigenvalue weighted by molar-refractivity contribution is -0.120. The standard InChI is InChI=1S/C17H22IN3O2/c1-12-6-13(2)8-14(7-12)20-16(22)10-23-21-15(9-19-5)17(3,4)11-18/h6-8H,9-11H2,1-4H3,(H,20,22)/b21-15+. The Morgan fingerprint density at radius 3 is 2.48 bits per heavy atom. The Labute approximate surface area is 151 Å². The summed E-state index contributed by atoms with van der Waals surface area (Å²) >= 11 is 2.25. The summed E-state index contributed by atoms with van der Waals surface area (Å²) in [5.74, 6) is -0.270. The van der Waals surface area contributed by atoms with Gasteiger partial charge in [-0.25, -0.2) is 6.57 Å². The molecule has 1 N–H and O–H groups in total. The molecular formula is C17H22IN3O2. The average molecular weight is 427 g/mol. The first-order chi connectivity index (χ1) is 10.8. The third-order valence-electron chi connectivity index (χ3n) is 3.22. The first kappa shape index (κ1) is 19.4. The maximum atomic E-state index is 11.9. The average Bonchev–Trinajstić information content (AvgIpc) is 2.45. The monoisotopic (exact) mass is 427 g/mol. The minimum atomic E-state index is -0.270. The quantitative estimate of drug-likeness (QED) is 0.235. The van der Waals surface area contributed by atoms with Crippen molar-refractivity contribution in [3.8, 4) is 0 Å². The van der Waals surface area contributed by atoms with Crippen LogP contribution in [-0.4, -0.2) is 29.2 Å². The fourth-order valence-corrected chi connectivity index (χ4v) is 2.37. The van der Waals surface area contributed by atoms with E-state index in [1.165, 1.54) is 0 Å². The number of alkyl halides is 1. The Kier molecular flexibility index (Phi) is 7.49. The molecule has 0 fully saturated rings. The van der Waals surface area contributed by atoms with Gasteiger partial charge in [0.25, 0.3) is 12.5 Å². The number of rotatable bonds is 7. The van der Waals surface area contributed by atoms with Crippen molar-refractivity contribution in [2.75, 3.05) is 22.9 Å². The molecule has 0 bridgehead atoms. The van der Waals surface area contributed by atoms with Gasteiger partial charge in [0.1, 0.15) is 5.71 Å². The molecule has 0 saturated heterocycles. The van der Waals surface area contributed by atoms with Crippen molar-refractivity contribution < 1.29 is 9.63 Å². The van der Waals surface area contributed by atoms with Crippen LogP contribution in [0.3, 0.4) is 0 Å². The maximum absolute atomic E-state index is 11.9. The van der Waals surface area contributed by atoms with Gasteiger partial charge in [-0.05, 0) is 37.1 Å². The number of oxime groups is 1. The molecule has 1 aromatic rings. The van der Waals surface area contributed by atoms with Crippen LogP contribution in [-0.2, 0) is 9.63 Å². The molecule has 0 aliphatic heterocycles. The number of nitrogens with zero attached hydrogens (tertiary/aromatic N) is 2. The molecule has 0 saturated carbocycles. The third-order valence-corrected chi connectivity index (χ3v) is 5.13. The summed E-state index contributed by atoms with van der Waals surface area (Å²) < 4.78 is 0.817. The Bertz CT molecular complexity index is 613. The fourth-order valence-electron chi connectivity index (χ4n) is 1.93. The lowest BCUT2D eigenvalue weighted by Crippen LogP contribution is -2.28. The molecule has 1 rings (SSSR count). The van der Waals surface area contributed by atoms with Gasteiger partial charge in [-0.1, -0.05) is 47.7 Å². The van der Waals surface area contributed by atoms with Crippen molar-refractivity contribution in [3.63, 3.8) is 0 Å². The highest BCUT2D eigenvalue weighted by molar-refractivity contribution is 14.1. The Balaban J connectivity index is 2.64. The Morgan fingerprint density at radius 2 is 1.96 bits per heavy atom. The zero-order chi connectivity index (χ0) is 17.5. The van der Waals surface area contributed by atoms with Crippen LogP contribution in [0.2, 0.25) is 0 Å². The molecule has 1 aromatic carbocycles. The molecule has 23 heavy (non-hydrogen) atoms. The molecule has 0 radical (unpaired) electrons. The van der Waals surface area contributed by atoms with E-state index in [1.54, 1.807) is 0 Å². The van der Waals surface area contributed by atoms with E-state index in [-0.39, 0.29) is 24.5 Å². The molecule has 124 valence electrons. The van der Waals surface area contributed by atoms with Gasteiger partial charge in [0, 0.05) is 15.5 Å². The topological polar surface area (TPSA) is 55.0 Å². The van der Waals surface area contributed by atoms with Crippen LogP contribution >= 0.6 is 22.6 Å². The van der Waals surface area contributed by atoms with Gasteiger partial charge in [-0.2, -0.15) is 0 Å². The lowest BCUT2D eigenvalue weighted by atomic mass is 9.90. The molecule has 0 atom stereocenters. The Morgan fingerprint density at radius 1 is 1.35 bits per heavy atom. The van der Waals surface area contributed by atoms with E-state index in [0.717, 1.165) is 21.2 Å². The number of nitrogens with one attached hydrogen (secondary N) is 1. The summed E-state index contributed by atoms with van der Waals surface area (Å²) in [6.07, 6.45) is 0. The van der Waals surface area contributed by atoms with Gasteiger partial charge in [0.15, 0.2) is 6.61 Å². The summed E-state index contributed by atoms with van der Waals surface area (Å²) in [6, 6.07) is 5.84. The number of halogens is 1. The summed E-state index contributed by atoms with van der Waals surface area (Å²) in [6.45, 7) is 15.0. The predicted molar refractivity (Wildman–Crippen MR) is 102 cm³/mol. The highest BCUT2D eigenvalue weighted by Gasteiger charge is 2.27. The molecule has 0 aromatic heterocycles. The molecular weight excluding hydrogens is 405 g/mol. The van der Waals surface area contributed by atoms with Crippen molar-refractivity contribution in [2.24, 2.45) is 10.6 Å². The van der Waals surface area contributed by atoms with E-state index in [0.29, 0.717) is 5.71 Å². The van der Waals surface area contributed by atoms with Gasteiger partial charge in [0.2, 0.25) is 0 Å². The minimum absolute atomic E-state index is 0.175. The van der Waals surface area contributed by atoms with Gasteiger partial charge in [0.05, 0.1) is 0 Å². The van der Waals surface area contributed by atoms with Crippen LogP contribution in [0.4, 0.5) is 5.69 Å². The lowest BCUT2D eigenvalue weighted by Gasteiger charge is -2.19. The molecule has 6 heteroatoms. The highest BCUT2D eigenvalue weighted by Crippen LogP contribution is 2.21. The smallest absolute Gasteiger partial charge is 0.265 e. The van der Waals surface area contributed by atoms with Gasteiger partial charge in [-0.15, -0.1) is 0 Å². The first-order valence-electron chi connectivity index (χ1n) is 7.25. The molecule has 5 nitrogen and oxygen atoms in total. The van der Waals surface area contributed by atoms with E-state index in [1.807, 2.05) is 45.9 Å². The second-order valence-corrected chi connectivity index (χ2v) is 6.83. The highest BCUT2D eigenvalue weighted by atomic mass is 127. The number of hydrogen-bond donors (Lipinski definition) is 1. The number of benzene rings is 1. The van der Waals surface area contributed by atoms with E-state index >= 15 is 0 Å². The van der Waals surface area contributed by atoms with Crippen molar-refractivity contribution in [1.82, 2.24) is 0 Å². The Hall–Kier alpha value is -1.62. The van der Waals surface area contributed by atoms with E-state index in [2.05, 4.69) is 37.9 Å². The van der Waals surface area contributed by atoms with Crippen LogP contribution in [0.1, 0.15) is 25.0 Å². The van der Waals surface area contributed by atoms with E-state index in [9.17, 15) is 4.79 Å². The first-order valence-corrected chi connectivity index (χ1v) is 8.77. The molecule has 0 unspecified atom stereocenters. The van der Waals surface area contributed by atoms with Gasteiger partial charge in [-0.3, -0.25) is 4.79 Å². The zero-order valence-corrected chi connectivity index (χ0v) is 16.1. The fraction of sp³-hybridized carbons (Fsp3) is 0.471.